The number of rotatable bonds is 4. The Morgan fingerprint density at radius 2 is 1.88 bits per heavy atom. The molecule has 1 aliphatic carbocycles. The molecule has 0 heterocycles. The average molecular weight is 240 g/mol. The average Bonchev–Trinajstić information content (AvgIpc) is 2.75. The van der Waals surface area contributed by atoms with Crippen molar-refractivity contribution in [3.63, 3.8) is 0 Å². The molecule has 0 radical (unpaired) electrons. The van der Waals surface area contributed by atoms with E-state index in [9.17, 15) is 0 Å². The van der Waals surface area contributed by atoms with Gasteiger partial charge in [-0.1, -0.05) is 26.7 Å². The second-order valence-corrected chi connectivity index (χ2v) is 5.68. The fourth-order valence-corrected chi connectivity index (χ4v) is 2.34. The van der Waals surface area contributed by atoms with Crippen molar-refractivity contribution in [1.29, 1.82) is 0 Å². The molecule has 1 aliphatic rings. The van der Waals surface area contributed by atoms with Crippen LogP contribution in [-0.2, 0) is 0 Å². The van der Waals surface area contributed by atoms with Gasteiger partial charge in [0.15, 0.2) is 0 Å². The van der Waals surface area contributed by atoms with Crippen LogP contribution in [0, 0.1) is 5.92 Å². The van der Waals surface area contributed by atoms with E-state index in [-0.39, 0.29) is 0 Å². The normalized spacial score (nSPS) is 18.2. The summed E-state index contributed by atoms with van der Waals surface area (Å²) in [7, 11) is 0. The molecular weight excluding hydrogens is 212 g/mol. The fraction of sp³-hybridized carbons (Fsp3) is 0.923. The largest absolute Gasteiger partial charge is 0.339 e. The first-order valence-corrected chi connectivity index (χ1v) is 6.85. The molecule has 17 heavy (non-hydrogen) atoms. The minimum atomic E-state index is 0.425. The predicted molar refractivity (Wildman–Crippen MR) is 73.7 cm³/mol. The third kappa shape index (κ3) is 4.54. The van der Waals surface area contributed by atoms with Gasteiger partial charge in [-0.25, -0.2) is 10.8 Å². The van der Waals surface area contributed by atoms with Crippen LogP contribution in [0.5, 0.6) is 0 Å². The second-order valence-electron chi connectivity index (χ2n) is 5.68. The Hall–Kier alpha value is -0.770. The van der Waals surface area contributed by atoms with Crippen LogP contribution in [0.3, 0.4) is 0 Å². The molecule has 100 valence electrons. The molecule has 0 aromatic rings. The van der Waals surface area contributed by atoms with E-state index in [0.29, 0.717) is 18.0 Å². The molecule has 0 spiro atoms. The van der Waals surface area contributed by atoms with E-state index >= 15 is 0 Å². The molecule has 0 atom stereocenters. The third-order valence-corrected chi connectivity index (χ3v) is 3.22. The van der Waals surface area contributed by atoms with Crippen molar-refractivity contribution in [1.82, 2.24) is 10.3 Å². The lowest BCUT2D eigenvalue weighted by molar-refractivity contribution is 0.299. The molecule has 1 fully saturated rings. The van der Waals surface area contributed by atoms with Gasteiger partial charge in [-0.2, -0.15) is 0 Å². The van der Waals surface area contributed by atoms with E-state index < -0.39 is 0 Å². The van der Waals surface area contributed by atoms with Gasteiger partial charge in [0.25, 0.3) is 0 Å². The minimum absolute atomic E-state index is 0.425. The van der Waals surface area contributed by atoms with Crippen molar-refractivity contribution >= 4 is 5.96 Å². The Morgan fingerprint density at radius 3 is 2.29 bits per heavy atom. The standard InChI is InChI=1S/C13H28N4/c1-10(2)9-17(11(3)4)13(16-14)15-12-7-5-6-8-12/h10-12H,5-9,14H2,1-4H3,(H,15,16). The van der Waals surface area contributed by atoms with Gasteiger partial charge in [0, 0.05) is 12.6 Å². The summed E-state index contributed by atoms with van der Waals surface area (Å²) in [5.41, 5.74) is 2.79. The number of nitrogens with two attached hydrogens (primary N) is 1. The molecule has 0 bridgehead atoms. The van der Waals surface area contributed by atoms with Gasteiger partial charge in [0.2, 0.25) is 5.96 Å². The summed E-state index contributed by atoms with van der Waals surface area (Å²) in [5, 5.41) is 0. The number of hydrogen-bond donors (Lipinski definition) is 2. The van der Waals surface area contributed by atoms with E-state index in [0.717, 1.165) is 12.5 Å². The molecule has 0 aliphatic heterocycles. The van der Waals surface area contributed by atoms with Crippen LogP contribution in [0.15, 0.2) is 4.99 Å². The highest BCUT2D eigenvalue weighted by molar-refractivity contribution is 5.79. The van der Waals surface area contributed by atoms with E-state index in [2.05, 4.69) is 38.0 Å². The monoisotopic (exact) mass is 240 g/mol. The SMILES string of the molecule is CC(C)CN(C(=NC1CCCC1)NN)C(C)C. The molecule has 1 saturated carbocycles. The lowest BCUT2D eigenvalue weighted by atomic mass is 10.2. The van der Waals surface area contributed by atoms with Crippen molar-refractivity contribution < 1.29 is 0 Å². The molecule has 0 aromatic heterocycles. The van der Waals surface area contributed by atoms with Crippen molar-refractivity contribution in [2.24, 2.45) is 16.8 Å². The smallest absolute Gasteiger partial charge is 0.208 e. The number of hydrogen-bond acceptors (Lipinski definition) is 2. The van der Waals surface area contributed by atoms with Crippen LogP contribution >= 0.6 is 0 Å². The highest BCUT2D eigenvalue weighted by atomic mass is 15.4. The van der Waals surface area contributed by atoms with Gasteiger partial charge in [-0.3, -0.25) is 5.43 Å². The summed E-state index contributed by atoms with van der Waals surface area (Å²) in [6, 6.07) is 0.892. The van der Waals surface area contributed by atoms with Gasteiger partial charge in [-0.15, -0.1) is 0 Å². The Labute approximate surface area is 106 Å². The molecular formula is C13H28N4. The first-order valence-electron chi connectivity index (χ1n) is 6.85. The van der Waals surface area contributed by atoms with Gasteiger partial charge in [-0.05, 0) is 32.6 Å². The summed E-state index contributed by atoms with van der Waals surface area (Å²) < 4.78 is 0. The summed E-state index contributed by atoms with van der Waals surface area (Å²) in [5.74, 6) is 7.12. The van der Waals surface area contributed by atoms with E-state index in [1.807, 2.05) is 0 Å². The molecule has 1 rings (SSSR count). The molecule has 0 saturated heterocycles. The summed E-state index contributed by atoms with van der Waals surface area (Å²) in [6.07, 6.45) is 5.02. The lowest BCUT2D eigenvalue weighted by Gasteiger charge is -2.31. The van der Waals surface area contributed by atoms with Gasteiger partial charge >= 0.3 is 0 Å². The van der Waals surface area contributed by atoms with Crippen LogP contribution < -0.4 is 11.3 Å². The van der Waals surface area contributed by atoms with E-state index in [4.69, 9.17) is 10.8 Å². The van der Waals surface area contributed by atoms with Crippen molar-refractivity contribution in [3.05, 3.63) is 0 Å². The Balaban J connectivity index is 2.72. The number of nitrogens with one attached hydrogen (secondary N) is 1. The predicted octanol–water partition coefficient (Wildman–Crippen LogP) is 2.11. The van der Waals surface area contributed by atoms with Crippen LogP contribution in [-0.4, -0.2) is 29.5 Å². The van der Waals surface area contributed by atoms with Crippen LogP contribution in [0.4, 0.5) is 0 Å². The van der Waals surface area contributed by atoms with E-state index in [1.165, 1.54) is 25.7 Å². The number of guanidine groups is 1. The molecule has 3 N–H and O–H groups in total. The zero-order valence-corrected chi connectivity index (χ0v) is 11.7. The van der Waals surface area contributed by atoms with Crippen LogP contribution in [0.1, 0.15) is 53.4 Å². The maximum atomic E-state index is 5.64. The van der Waals surface area contributed by atoms with Gasteiger partial charge < -0.3 is 4.90 Å². The summed E-state index contributed by atoms with van der Waals surface area (Å²) in [4.78, 5) is 7.04. The maximum absolute atomic E-state index is 5.64. The Morgan fingerprint density at radius 1 is 1.29 bits per heavy atom. The third-order valence-electron chi connectivity index (χ3n) is 3.22. The van der Waals surface area contributed by atoms with Crippen LogP contribution in [0.2, 0.25) is 0 Å². The quantitative estimate of drug-likeness (QED) is 0.342. The van der Waals surface area contributed by atoms with Gasteiger partial charge in [0.05, 0.1) is 6.04 Å². The van der Waals surface area contributed by atoms with Crippen molar-refractivity contribution in [2.75, 3.05) is 6.54 Å². The van der Waals surface area contributed by atoms with Crippen molar-refractivity contribution in [2.45, 2.75) is 65.5 Å². The number of hydrazine groups is 1. The topological polar surface area (TPSA) is 53.6 Å². The highest BCUT2D eigenvalue weighted by Crippen LogP contribution is 2.21. The van der Waals surface area contributed by atoms with Crippen molar-refractivity contribution in [3.8, 4) is 0 Å². The highest BCUT2D eigenvalue weighted by Gasteiger charge is 2.19. The first kappa shape index (κ1) is 14.3. The summed E-state index contributed by atoms with van der Waals surface area (Å²) in [6.45, 7) is 9.80. The number of nitrogens with zero attached hydrogens (tertiary/aromatic N) is 2. The van der Waals surface area contributed by atoms with Crippen LogP contribution in [0.25, 0.3) is 0 Å². The zero-order chi connectivity index (χ0) is 12.8. The lowest BCUT2D eigenvalue weighted by Crippen LogP contribution is -2.49. The molecule has 4 nitrogen and oxygen atoms in total. The molecule has 0 amide bonds. The first-order chi connectivity index (χ1) is 8.04. The fourth-order valence-electron chi connectivity index (χ4n) is 2.34. The summed E-state index contributed by atoms with van der Waals surface area (Å²) >= 11 is 0. The number of aliphatic imine (C=N–C) groups is 1. The maximum Gasteiger partial charge on any atom is 0.208 e. The molecule has 0 unspecified atom stereocenters. The second kappa shape index (κ2) is 6.84. The Kier molecular flexibility index (Phi) is 5.75. The molecule has 4 heteroatoms. The molecule has 0 aromatic carbocycles. The Bertz CT molecular complexity index is 242. The zero-order valence-electron chi connectivity index (χ0n) is 11.7. The van der Waals surface area contributed by atoms with Gasteiger partial charge in [0.1, 0.15) is 0 Å². The minimum Gasteiger partial charge on any atom is -0.339 e. The van der Waals surface area contributed by atoms with E-state index in [1.54, 1.807) is 0 Å².